The van der Waals surface area contributed by atoms with Gasteiger partial charge in [-0.25, -0.2) is 0 Å². The van der Waals surface area contributed by atoms with Crippen molar-refractivity contribution in [3.8, 4) is 5.06 Å². The van der Waals surface area contributed by atoms with Gasteiger partial charge in [-0.3, -0.25) is 9.59 Å². The fraction of sp³-hybridized carbons (Fsp3) is 0.167. The Morgan fingerprint density at radius 1 is 1.41 bits per heavy atom. The summed E-state index contributed by atoms with van der Waals surface area (Å²) < 4.78 is 0.701. The van der Waals surface area contributed by atoms with Crippen LogP contribution in [0.25, 0.3) is 10.1 Å². The summed E-state index contributed by atoms with van der Waals surface area (Å²) in [6, 6.07) is 5.41. The van der Waals surface area contributed by atoms with Crippen molar-refractivity contribution in [1.82, 2.24) is 0 Å². The van der Waals surface area contributed by atoms with E-state index < -0.39 is 0 Å². The highest BCUT2D eigenvalue weighted by Crippen LogP contribution is 2.31. The molecule has 0 unspecified atom stereocenters. The van der Waals surface area contributed by atoms with Crippen LogP contribution in [0.1, 0.15) is 12.5 Å². The van der Waals surface area contributed by atoms with E-state index in [0.717, 1.165) is 16.9 Å². The molecule has 2 aromatic rings. The van der Waals surface area contributed by atoms with Crippen LogP contribution in [-0.2, 0) is 4.79 Å². The average Bonchev–Trinajstić information content (AvgIpc) is 2.25. The number of hydrogen-bond donors (Lipinski definition) is 2. The van der Waals surface area contributed by atoms with Gasteiger partial charge >= 0.3 is 0 Å². The lowest BCUT2D eigenvalue weighted by Crippen LogP contribution is -2.15. The molecule has 1 aromatic carbocycles. The molecule has 0 bridgehead atoms. The Labute approximate surface area is 102 Å². The van der Waals surface area contributed by atoms with Gasteiger partial charge in [0.15, 0.2) is 5.06 Å². The summed E-state index contributed by atoms with van der Waals surface area (Å²) in [5.41, 5.74) is 0.567. The molecule has 0 spiro atoms. The van der Waals surface area contributed by atoms with Crippen molar-refractivity contribution in [3.05, 3.63) is 34.0 Å². The molecule has 0 aliphatic heterocycles. The summed E-state index contributed by atoms with van der Waals surface area (Å²) in [5, 5.41) is 12.4. The second kappa shape index (κ2) is 4.18. The van der Waals surface area contributed by atoms with E-state index in [4.69, 9.17) is 0 Å². The number of aromatic hydroxyl groups is 1. The first-order valence-electron chi connectivity index (χ1n) is 5.03. The Kier molecular flexibility index (Phi) is 2.85. The van der Waals surface area contributed by atoms with E-state index in [1.165, 1.54) is 6.92 Å². The number of aryl methyl sites for hydroxylation is 1. The third kappa shape index (κ3) is 2.14. The summed E-state index contributed by atoms with van der Waals surface area (Å²) >= 11 is 1.07. The number of amides is 1. The van der Waals surface area contributed by atoms with Gasteiger partial charge in [0.1, 0.15) is 5.69 Å². The quantitative estimate of drug-likeness (QED) is 0.814. The Bertz CT molecular complexity index is 661. The summed E-state index contributed by atoms with van der Waals surface area (Å²) in [5.74, 6) is -0.378. The fourth-order valence-corrected chi connectivity index (χ4v) is 2.44. The van der Waals surface area contributed by atoms with Gasteiger partial charge in [-0.15, -0.1) is 0 Å². The molecule has 2 N–H and O–H groups in total. The van der Waals surface area contributed by atoms with Crippen LogP contribution < -0.4 is 10.7 Å². The van der Waals surface area contributed by atoms with Gasteiger partial charge in [0.2, 0.25) is 11.3 Å². The van der Waals surface area contributed by atoms with E-state index in [0.29, 0.717) is 10.1 Å². The molecule has 2 rings (SSSR count). The zero-order valence-electron chi connectivity index (χ0n) is 9.40. The predicted molar refractivity (Wildman–Crippen MR) is 68.8 cm³/mol. The van der Waals surface area contributed by atoms with Crippen LogP contribution in [0.4, 0.5) is 5.69 Å². The largest absolute Gasteiger partial charge is 0.498 e. The number of rotatable bonds is 1. The SMILES string of the molecule is CC(=O)Nc1c(O)sc2ccc(C)cc2c1=O. The van der Waals surface area contributed by atoms with Gasteiger partial charge in [-0.1, -0.05) is 23.0 Å². The first-order valence-corrected chi connectivity index (χ1v) is 5.84. The van der Waals surface area contributed by atoms with Gasteiger partial charge < -0.3 is 10.4 Å². The highest BCUT2D eigenvalue weighted by Gasteiger charge is 2.12. The standard InChI is InChI=1S/C12H11NO3S/c1-6-3-4-9-8(5-6)11(15)10(12(16)17-9)13-7(2)14/h3-5,16H,1-2H3,(H,13,14). The van der Waals surface area contributed by atoms with E-state index in [-0.39, 0.29) is 22.1 Å². The van der Waals surface area contributed by atoms with Crippen LogP contribution in [0.3, 0.4) is 0 Å². The molecule has 0 aliphatic carbocycles. The number of hydrogen-bond acceptors (Lipinski definition) is 4. The maximum Gasteiger partial charge on any atom is 0.221 e. The first kappa shape index (κ1) is 11.6. The molecule has 0 saturated carbocycles. The summed E-state index contributed by atoms with van der Waals surface area (Å²) in [6.07, 6.45) is 0. The van der Waals surface area contributed by atoms with Crippen LogP contribution in [0.15, 0.2) is 23.0 Å². The van der Waals surface area contributed by atoms with Crippen molar-refractivity contribution in [2.45, 2.75) is 13.8 Å². The fourth-order valence-electron chi connectivity index (χ4n) is 1.58. The summed E-state index contributed by atoms with van der Waals surface area (Å²) in [6.45, 7) is 3.18. The molecule has 0 atom stereocenters. The van der Waals surface area contributed by atoms with Crippen molar-refractivity contribution in [2.24, 2.45) is 0 Å². The van der Waals surface area contributed by atoms with Crippen molar-refractivity contribution < 1.29 is 9.90 Å². The minimum absolute atomic E-state index is 0.0411. The molecule has 0 fully saturated rings. The molecule has 0 radical (unpaired) electrons. The van der Waals surface area contributed by atoms with Crippen LogP contribution in [-0.4, -0.2) is 11.0 Å². The molecule has 1 heterocycles. The lowest BCUT2D eigenvalue weighted by atomic mass is 10.2. The van der Waals surface area contributed by atoms with E-state index in [2.05, 4.69) is 5.32 Å². The van der Waals surface area contributed by atoms with Gasteiger partial charge in [-0.2, -0.15) is 0 Å². The molecule has 0 saturated heterocycles. The molecule has 1 aromatic heterocycles. The monoisotopic (exact) mass is 249 g/mol. The molecule has 88 valence electrons. The first-order chi connectivity index (χ1) is 7.99. The van der Waals surface area contributed by atoms with Crippen LogP contribution in [0, 0.1) is 6.92 Å². The molecular formula is C12H11NO3S. The summed E-state index contributed by atoms with van der Waals surface area (Å²) in [7, 11) is 0. The third-order valence-electron chi connectivity index (χ3n) is 2.33. The predicted octanol–water partition coefficient (Wildman–Crippen LogP) is 2.23. The Morgan fingerprint density at radius 2 is 2.12 bits per heavy atom. The normalized spacial score (nSPS) is 10.5. The number of anilines is 1. The zero-order valence-corrected chi connectivity index (χ0v) is 10.2. The molecular weight excluding hydrogens is 238 g/mol. The Balaban J connectivity index is 2.78. The van der Waals surface area contributed by atoms with E-state index in [9.17, 15) is 14.7 Å². The second-order valence-electron chi connectivity index (χ2n) is 3.79. The van der Waals surface area contributed by atoms with Crippen molar-refractivity contribution >= 4 is 33.0 Å². The maximum atomic E-state index is 12.1. The van der Waals surface area contributed by atoms with E-state index in [1.54, 1.807) is 12.1 Å². The van der Waals surface area contributed by atoms with Gasteiger partial charge in [0, 0.05) is 17.0 Å². The van der Waals surface area contributed by atoms with Gasteiger partial charge in [-0.05, 0) is 19.1 Å². The second-order valence-corrected chi connectivity index (χ2v) is 4.82. The molecule has 1 amide bonds. The van der Waals surface area contributed by atoms with Gasteiger partial charge in [0.05, 0.1) is 0 Å². The van der Waals surface area contributed by atoms with Crippen molar-refractivity contribution in [1.29, 1.82) is 0 Å². The zero-order chi connectivity index (χ0) is 12.6. The Morgan fingerprint density at radius 3 is 2.76 bits per heavy atom. The molecule has 4 nitrogen and oxygen atoms in total. The topological polar surface area (TPSA) is 66.4 Å². The Hall–Kier alpha value is -1.88. The minimum atomic E-state index is -0.378. The van der Waals surface area contributed by atoms with Crippen LogP contribution >= 0.6 is 11.3 Å². The third-order valence-corrected chi connectivity index (χ3v) is 3.30. The van der Waals surface area contributed by atoms with Crippen LogP contribution in [0.2, 0.25) is 0 Å². The summed E-state index contributed by atoms with van der Waals surface area (Å²) in [4.78, 5) is 23.0. The smallest absolute Gasteiger partial charge is 0.221 e. The van der Waals surface area contributed by atoms with Crippen LogP contribution in [0.5, 0.6) is 5.06 Å². The molecule has 5 heteroatoms. The highest BCUT2D eigenvalue weighted by atomic mass is 32.1. The number of nitrogens with one attached hydrogen (secondary N) is 1. The van der Waals surface area contributed by atoms with Gasteiger partial charge in [0.25, 0.3) is 0 Å². The number of carbonyl (C=O) groups excluding carboxylic acids is 1. The van der Waals surface area contributed by atoms with Crippen molar-refractivity contribution in [3.63, 3.8) is 0 Å². The average molecular weight is 249 g/mol. The lowest BCUT2D eigenvalue weighted by Gasteiger charge is -2.05. The minimum Gasteiger partial charge on any atom is -0.498 e. The van der Waals surface area contributed by atoms with E-state index in [1.807, 2.05) is 13.0 Å². The van der Waals surface area contributed by atoms with E-state index >= 15 is 0 Å². The number of benzene rings is 1. The number of fused-ring (bicyclic) bond motifs is 1. The lowest BCUT2D eigenvalue weighted by molar-refractivity contribution is -0.114. The molecule has 0 aliphatic rings. The van der Waals surface area contributed by atoms with Crippen molar-refractivity contribution in [2.75, 3.05) is 5.32 Å². The molecule has 17 heavy (non-hydrogen) atoms. The highest BCUT2D eigenvalue weighted by molar-refractivity contribution is 7.20. The number of carbonyl (C=O) groups is 1. The maximum absolute atomic E-state index is 12.1.